The maximum Gasteiger partial charge on any atom is 0.269 e. The Labute approximate surface area is 152 Å². The van der Waals surface area contributed by atoms with Crippen LogP contribution in [0, 0.1) is 0 Å². The van der Waals surface area contributed by atoms with Gasteiger partial charge in [0.25, 0.3) is 5.56 Å². The zero-order chi connectivity index (χ0) is 18.5. The van der Waals surface area contributed by atoms with Crippen LogP contribution in [-0.2, 0) is 13.0 Å². The van der Waals surface area contributed by atoms with Crippen LogP contribution in [0.5, 0.6) is 0 Å². The van der Waals surface area contributed by atoms with E-state index in [1.165, 1.54) is 10.2 Å². The van der Waals surface area contributed by atoms with Gasteiger partial charge in [-0.1, -0.05) is 49.3 Å². The molecule has 0 unspecified atom stereocenters. The normalized spacial score (nSPS) is 11.1. The van der Waals surface area contributed by atoms with Gasteiger partial charge in [-0.25, -0.2) is 4.68 Å². The molecule has 0 bridgehead atoms. The van der Waals surface area contributed by atoms with E-state index in [-0.39, 0.29) is 18.0 Å². The van der Waals surface area contributed by atoms with Crippen molar-refractivity contribution in [2.75, 3.05) is 18.5 Å². The zero-order valence-electron chi connectivity index (χ0n) is 15.3. The van der Waals surface area contributed by atoms with Crippen LogP contribution in [0.25, 0.3) is 0 Å². The van der Waals surface area contributed by atoms with Crippen molar-refractivity contribution in [3.8, 4) is 0 Å². The van der Waals surface area contributed by atoms with Crippen molar-refractivity contribution >= 4 is 5.69 Å². The van der Waals surface area contributed by atoms with Gasteiger partial charge >= 0.3 is 0 Å². The molecule has 1 aromatic carbocycles. The third kappa shape index (κ3) is 4.36. The fourth-order valence-corrected chi connectivity index (χ4v) is 2.52. The van der Waals surface area contributed by atoms with Crippen LogP contribution < -0.4 is 10.5 Å². The SMILES string of the molecule is CC(C)c1nc(Cn2ncc(N(C)CCc3ccccc3)cc2=O)no1. The summed E-state index contributed by atoms with van der Waals surface area (Å²) in [5.74, 6) is 1.17. The first-order chi connectivity index (χ1) is 12.5. The maximum atomic E-state index is 12.4. The Morgan fingerprint density at radius 2 is 2.00 bits per heavy atom. The Hall–Kier alpha value is -2.96. The lowest BCUT2D eigenvalue weighted by Crippen LogP contribution is -2.27. The summed E-state index contributed by atoms with van der Waals surface area (Å²) in [7, 11) is 1.96. The average Bonchev–Trinajstić information content (AvgIpc) is 3.11. The number of benzene rings is 1. The summed E-state index contributed by atoms with van der Waals surface area (Å²) in [6.45, 7) is 4.95. The molecule has 0 aliphatic rings. The largest absolute Gasteiger partial charge is 0.373 e. The lowest BCUT2D eigenvalue weighted by atomic mass is 10.1. The molecule has 0 N–H and O–H groups in total. The van der Waals surface area contributed by atoms with Crippen LogP contribution in [0.4, 0.5) is 5.69 Å². The number of hydrogen-bond donors (Lipinski definition) is 0. The van der Waals surface area contributed by atoms with Crippen LogP contribution in [0.15, 0.2) is 51.9 Å². The third-order valence-corrected chi connectivity index (χ3v) is 4.14. The summed E-state index contributed by atoms with van der Waals surface area (Å²) >= 11 is 0. The molecule has 0 spiro atoms. The highest BCUT2D eigenvalue weighted by atomic mass is 16.5. The van der Waals surface area contributed by atoms with E-state index in [2.05, 4.69) is 27.4 Å². The number of aromatic nitrogens is 4. The molecule has 0 radical (unpaired) electrons. The summed E-state index contributed by atoms with van der Waals surface area (Å²) in [6.07, 6.45) is 2.59. The second-order valence-corrected chi connectivity index (χ2v) is 6.57. The fraction of sp³-hybridized carbons (Fsp3) is 0.368. The summed E-state index contributed by atoms with van der Waals surface area (Å²) < 4.78 is 6.50. The van der Waals surface area contributed by atoms with Gasteiger partial charge in [0.05, 0.1) is 11.9 Å². The first kappa shape index (κ1) is 17.8. The molecule has 0 atom stereocenters. The van der Waals surface area contributed by atoms with E-state index >= 15 is 0 Å². The minimum Gasteiger partial charge on any atom is -0.373 e. The topological polar surface area (TPSA) is 77.1 Å². The van der Waals surface area contributed by atoms with E-state index in [1.807, 2.05) is 44.0 Å². The number of likely N-dealkylation sites (N-methyl/N-ethyl adjacent to an activating group) is 1. The van der Waals surface area contributed by atoms with E-state index in [9.17, 15) is 4.79 Å². The number of nitrogens with zero attached hydrogens (tertiary/aromatic N) is 5. The molecule has 0 saturated carbocycles. The lowest BCUT2D eigenvalue weighted by molar-refractivity contribution is 0.359. The van der Waals surface area contributed by atoms with Crippen LogP contribution in [0.3, 0.4) is 0 Å². The number of anilines is 1. The Bertz CT molecular complexity index is 902. The van der Waals surface area contributed by atoms with Gasteiger partial charge in [-0.15, -0.1) is 0 Å². The van der Waals surface area contributed by atoms with Gasteiger partial charge in [0.1, 0.15) is 6.54 Å². The van der Waals surface area contributed by atoms with Gasteiger partial charge < -0.3 is 9.42 Å². The van der Waals surface area contributed by atoms with Crippen molar-refractivity contribution in [2.24, 2.45) is 0 Å². The number of rotatable bonds is 7. The molecule has 0 aliphatic carbocycles. The summed E-state index contributed by atoms with van der Waals surface area (Å²) in [4.78, 5) is 18.7. The Balaban J connectivity index is 1.65. The van der Waals surface area contributed by atoms with Crippen LogP contribution in [0.1, 0.15) is 37.0 Å². The molecule has 7 heteroatoms. The molecule has 0 fully saturated rings. The smallest absolute Gasteiger partial charge is 0.269 e. The predicted molar refractivity (Wildman–Crippen MR) is 99.4 cm³/mol. The Morgan fingerprint density at radius 1 is 1.23 bits per heavy atom. The summed E-state index contributed by atoms with van der Waals surface area (Å²) in [6, 6.07) is 11.8. The van der Waals surface area contributed by atoms with Crippen LogP contribution in [0.2, 0.25) is 0 Å². The molecule has 136 valence electrons. The zero-order valence-corrected chi connectivity index (χ0v) is 15.3. The van der Waals surface area contributed by atoms with Crippen LogP contribution >= 0.6 is 0 Å². The van der Waals surface area contributed by atoms with Gasteiger partial charge in [-0.05, 0) is 12.0 Å². The molecule has 7 nitrogen and oxygen atoms in total. The first-order valence-corrected chi connectivity index (χ1v) is 8.67. The van der Waals surface area contributed by atoms with Crippen molar-refractivity contribution < 1.29 is 4.52 Å². The van der Waals surface area contributed by atoms with E-state index in [0.717, 1.165) is 18.7 Å². The average molecular weight is 353 g/mol. The highest BCUT2D eigenvalue weighted by molar-refractivity contribution is 5.42. The molecular weight excluding hydrogens is 330 g/mol. The molecule has 3 rings (SSSR count). The van der Waals surface area contributed by atoms with Crippen LogP contribution in [-0.4, -0.2) is 33.5 Å². The standard InChI is InChI=1S/C19H23N5O2/c1-14(2)19-21-17(22-26-19)13-24-18(25)11-16(12-20-24)23(3)10-9-15-7-5-4-6-8-15/h4-8,11-12,14H,9-10,13H2,1-3H3. The molecule has 26 heavy (non-hydrogen) atoms. The maximum absolute atomic E-state index is 12.4. The molecule has 0 aliphatic heterocycles. The molecule has 0 saturated heterocycles. The third-order valence-electron chi connectivity index (χ3n) is 4.14. The van der Waals surface area contributed by atoms with Gasteiger partial charge in [-0.3, -0.25) is 4.79 Å². The Kier molecular flexibility index (Phi) is 5.46. The van der Waals surface area contributed by atoms with Crippen molar-refractivity contribution in [1.82, 2.24) is 19.9 Å². The van der Waals surface area contributed by atoms with Crippen molar-refractivity contribution in [1.29, 1.82) is 0 Å². The highest BCUT2D eigenvalue weighted by Crippen LogP contribution is 2.12. The lowest BCUT2D eigenvalue weighted by Gasteiger charge is -2.19. The van der Waals surface area contributed by atoms with Gasteiger partial charge in [0, 0.05) is 25.6 Å². The summed E-state index contributed by atoms with van der Waals surface area (Å²) in [5, 5.41) is 8.14. The van der Waals surface area contributed by atoms with Crippen molar-refractivity contribution in [3.05, 3.63) is 70.2 Å². The molecular formula is C19H23N5O2. The predicted octanol–water partition coefficient (Wildman–Crippen LogP) is 2.48. The second kappa shape index (κ2) is 7.95. The van der Waals surface area contributed by atoms with E-state index in [1.54, 1.807) is 12.3 Å². The highest BCUT2D eigenvalue weighted by Gasteiger charge is 2.12. The first-order valence-electron chi connectivity index (χ1n) is 8.67. The quantitative estimate of drug-likeness (QED) is 0.649. The Morgan fingerprint density at radius 3 is 2.65 bits per heavy atom. The van der Waals surface area contributed by atoms with E-state index < -0.39 is 0 Å². The molecule has 0 amide bonds. The minimum absolute atomic E-state index is 0.154. The molecule has 3 aromatic rings. The molecule has 2 heterocycles. The second-order valence-electron chi connectivity index (χ2n) is 6.57. The van der Waals surface area contributed by atoms with E-state index in [0.29, 0.717) is 11.7 Å². The summed E-state index contributed by atoms with van der Waals surface area (Å²) in [5.41, 5.74) is 1.86. The van der Waals surface area contributed by atoms with Crippen molar-refractivity contribution in [3.63, 3.8) is 0 Å². The monoisotopic (exact) mass is 353 g/mol. The fourth-order valence-electron chi connectivity index (χ4n) is 2.52. The van der Waals surface area contributed by atoms with Gasteiger partial charge in [0.15, 0.2) is 5.82 Å². The van der Waals surface area contributed by atoms with E-state index in [4.69, 9.17) is 4.52 Å². The molecule has 2 aromatic heterocycles. The number of hydrogen-bond acceptors (Lipinski definition) is 6. The van der Waals surface area contributed by atoms with Gasteiger partial charge in [-0.2, -0.15) is 10.1 Å². The van der Waals surface area contributed by atoms with Gasteiger partial charge in [0.2, 0.25) is 5.89 Å². The van der Waals surface area contributed by atoms with Crippen molar-refractivity contribution in [2.45, 2.75) is 32.7 Å². The minimum atomic E-state index is -0.190.